The van der Waals surface area contributed by atoms with Crippen LogP contribution in [0.1, 0.15) is 21.6 Å². The number of hydrogen-bond acceptors (Lipinski definition) is 5. The van der Waals surface area contributed by atoms with Gasteiger partial charge in [-0.2, -0.15) is 0 Å². The number of aromatic nitrogens is 1. The maximum atomic E-state index is 12.6. The lowest BCUT2D eigenvalue weighted by Crippen LogP contribution is -2.08. The third kappa shape index (κ3) is 3.55. The van der Waals surface area contributed by atoms with E-state index in [0.717, 1.165) is 22.2 Å². The molecule has 2 aromatic carbocycles. The van der Waals surface area contributed by atoms with E-state index in [1.54, 1.807) is 38.5 Å². The van der Waals surface area contributed by atoms with E-state index in [2.05, 4.69) is 4.98 Å². The molecule has 1 heterocycles. The average Bonchev–Trinajstić information content (AvgIpc) is 2.65. The Kier molecular flexibility index (Phi) is 4.84. The van der Waals surface area contributed by atoms with Crippen LogP contribution in [0.5, 0.6) is 11.5 Å². The molecule has 1 aromatic heterocycles. The summed E-state index contributed by atoms with van der Waals surface area (Å²) in [5.74, 6) is 0.924. The van der Waals surface area contributed by atoms with Gasteiger partial charge < -0.3 is 14.2 Å². The minimum Gasteiger partial charge on any atom is -0.497 e. The standard InChI is InChI=1S/C20H19NO4/c1-13-10-17(16-6-4-5-7-18(16)21-13)20(22)25-12-14-11-15(23-2)8-9-19(14)24-3/h4-11H,12H2,1-3H3. The van der Waals surface area contributed by atoms with Gasteiger partial charge in [-0.05, 0) is 37.3 Å². The number of aryl methyl sites for hydroxylation is 1. The minimum atomic E-state index is -0.397. The quantitative estimate of drug-likeness (QED) is 0.661. The summed E-state index contributed by atoms with van der Waals surface area (Å²) in [5.41, 5.74) is 2.79. The predicted octanol–water partition coefficient (Wildman–Crippen LogP) is 3.92. The van der Waals surface area contributed by atoms with Crippen molar-refractivity contribution in [1.29, 1.82) is 0 Å². The molecule has 0 saturated carbocycles. The maximum absolute atomic E-state index is 12.6. The average molecular weight is 337 g/mol. The molecule has 0 atom stereocenters. The number of pyridine rings is 1. The highest BCUT2D eigenvalue weighted by Gasteiger charge is 2.15. The number of benzene rings is 2. The molecule has 5 heteroatoms. The van der Waals surface area contributed by atoms with E-state index in [9.17, 15) is 4.79 Å². The van der Waals surface area contributed by atoms with Crippen LogP contribution in [0.25, 0.3) is 10.9 Å². The Balaban J connectivity index is 1.87. The molecular formula is C20H19NO4. The monoisotopic (exact) mass is 337 g/mol. The van der Waals surface area contributed by atoms with Gasteiger partial charge in [-0.25, -0.2) is 4.79 Å². The van der Waals surface area contributed by atoms with Gasteiger partial charge in [0.15, 0.2) is 0 Å². The summed E-state index contributed by atoms with van der Waals surface area (Å²) in [5, 5.41) is 0.774. The van der Waals surface area contributed by atoms with Crippen molar-refractivity contribution < 1.29 is 19.0 Å². The topological polar surface area (TPSA) is 57.7 Å². The molecule has 0 unspecified atom stereocenters. The van der Waals surface area contributed by atoms with E-state index >= 15 is 0 Å². The zero-order chi connectivity index (χ0) is 17.8. The fraction of sp³-hybridized carbons (Fsp3) is 0.200. The summed E-state index contributed by atoms with van der Waals surface area (Å²) in [4.78, 5) is 17.1. The number of nitrogens with zero attached hydrogens (tertiary/aromatic N) is 1. The molecule has 3 rings (SSSR count). The highest BCUT2D eigenvalue weighted by Crippen LogP contribution is 2.25. The van der Waals surface area contributed by atoms with Crippen LogP contribution in [0, 0.1) is 6.92 Å². The maximum Gasteiger partial charge on any atom is 0.339 e. The van der Waals surface area contributed by atoms with Gasteiger partial charge >= 0.3 is 5.97 Å². The summed E-state index contributed by atoms with van der Waals surface area (Å²) in [6.45, 7) is 1.95. The van der Waals surface area contributed by atoms with Gasteiger partial charge in [0, 0.05) is 16.6 Å². The molecule has 0 aliphatic rings. The Morgan fingerprint density at radius 2 is 1.84 bits per heavy atom. The van der Waals surface area contributed by atoms with Crippen molar-refractivity contribution in [3.63, 3.8) is 0 Å². The van der Waals surface area contributed by atoms with E-state index < -0.39 is 5.97 Å². The minimum absolute atomic E-state index is 0.0922. The number of methoxy groups -OCH3 is 2. The van der Waals surface area contributed by atoms with Crippen molar-refractivity contribution in [1.82, 2.24) is 4.98 Å². The van der Waals surface area contributed by atoms with Gasteiger partial charge in [-0.1, -0.05) is 18.2 Å². The number of para-hydroxylation sites is 1. The number of esters is 1. The Morgan fingerprint density at radius 1 is 1.04 bits per heavy atom. The first-order valence-corrected chi connectivity index (χ1v) is 7.87. The second-order valence-electron chi connectivity index (χ2n) is 5.58. The molecule has 128 valence electrons. The van der Waals surface area contributed by atoms with Gasteiger partial charge in [-0.15, -0.1) is 0 Å². The smallest absolute Gasteiger partial charge is 0.339 e. The van der Waals surface area contributed by atoms with E-state index in [-0.39, 0.29) is 6.61 Å². The van der Waals surface area contributed by atoms with Gasteiger partial charge in [0.25, 0.3) is 0 Å². The lowest BCUT2D eigenvalue weighted by atomic mass is 10.1. The molecule has 0 spiro atoms. The lowest BCUT2D eigenvalue weighted by molar-refractivity contribution is 0.0472. The number of rotatable bonds is 5. The Bertz CT molecular complexity index is 921. The molecule has 0 bridgehead atoms. The van der Waals surface area contributed by atoms with Crippen molar-refractivity contribution in [3.05, 3.63) is 65.4 Å². The third-order valence-electron chi connectivity index (χ3n) is 3.91. The zero-order valence-electron chi connectivity index (χ0n) is 14.4. The molecule has 0 fully saturated rings. The second-order valence-corrected chi connectivity index (χ2v) is 5.58. The first-order chi connectivity index (χ1) is 12.1. The van der Waals surface area contributed by atoms with Gasteiger partial charge in [-0.3, -0.25) is 4.98 Å². The number of hydrogen-bond donors (Lipinski definition) is 0. The van der Waals surface area contributed by atoms with Crippen LogP contribution in [0.3, 0.4) is 0 Å². The summed E-state index contributed by atoms with van der Waals surface area (Å²) in [6, 6.07) is 14.6. The molecule has 0 aliphatic carbocycles. The number of fused-ring (bicyclic) bond motifs is 1. The molecule has 3 aromatic rings. The van der Waals surface area contributed by atoms with Crippen LogP contribution in [-0.4, -0.2) is 25.2 Å². The van der Waals surface area contributed by atoms with Crippen LogP contribution in [0.4, 0.5) is 0 Å². The molecule has 0 radical (unpaired) electrons. The van der Waals surface area contributed by atoms with E-state index in [1.807, 2.05) is 31.2 Å². The normalized spacial score (nSPS) is 10.5. The van der Waals surface area contributed by atoms with Gasteiger partial charge in [0.05, 0.1) is 25.3 Å². The second kappa shape index (κ2) is 7.21. The van der Waals surface area contributed by atoms with Crippen molar-refractivity contribution in [2.24, 2.45) is 0 Å². The Morgan fingerprint density at radius 3 is 2.60 bits per heavy atom. The molecule has 0 aliphatic heterocycles. The van der Waals surface area contributed by atoms with Crippen LogP contribution in [-0.2, 0) is 11.3 Å². The van der Waals surface area contributed by atoms with Crippen LogP contribution in [0.15, 0.2) is 48.5 Å². The van der Waals surface area contributed by atoms with Crippen molar-refractivity contribution in [3.8, 4) is 11.5 Å². The van der Waals surface area contributed by atoms with E-state index in [0.29, 0.717) is 17.1 Å². The van der Waals surface area contributed by atoms with Gasteiger partial charge in [0.1, 0.15) is 18.1 Å². The Labute approximate surface area is 146 Å². The predicted molar refractivity (Wildman–Crippen MR) is 95.1 cm³/mol. The highest BCUT2D eigenvalue weighted by molar-refractivity contribution is 6.03. The number of carbonyl (C=O) groups is 1. The van der Waals surface area contributed by atoms with Crippen LogP contribution in [0.2, 0.25) is 0 Å². The van der Waals surface area contributed by atoms with Gasteiger partial charge in [0.2, 0.25) is 0 Å². The molecular weight excluding hydrogens is 318 g/mol. The summed E-state index contributed by atoms with van der Waals surface area (Å²) < 4.78 is 16.0. The van der Waals surface area contributed by atoms with Crippen molar-refractivity contribution >= 4 is 16.9 Å². The molecule has 0 N–H and O–H groups in total. The van der Waals surface area contributed by atoms with Crippen LogP contribution >= 0.6 is 0 Å². The summed E-state index contributed by atoms with van der Waals surface area (Å²) in [7, 11) is 3.16. The lowest BCUT2D eigenvalue weighted by Gasteiger charge is -2.12. The Hall–Kier alpha value is -3.08. The van der Waals surface area contributed by atoms with Crippen LogP contribution < -0.4 is 9.47 Å². The largest absolute Gasteiger partial charge is 0.497 e. The fourth-order valence-electron chi connectivity index (χ4n) is 2.69. The van der Waals surface area contributed by atoms with Crippen molar-refractivity contribution in [2.75, 3.05) is 14.2 Å². The van der Waals surface area contributed by atoms with Crippen molar-refractivity contribution in [2.45, 2.75) is 13.5 Å². The zero-order valence-corrected chi connectivity index (χ0v) is 14.4. The highest BCUT2D eigenvalue weighted by atomic mass is 16.5. The fourth-order valence-corrected chi connectivity index (χ4v) is 2.69. The SMILES string of the molecule is COc1ccc(OC)c(COC(=O)c2cc(C)nc3ccccc23)c1. The molecule has 0 amide bonds. The van der Waals surface area contributed by atoms with E-state index in [1.165, 1.54) is 0 Å². The first kappa shape index (κ1) is 16.8. The third-order valence-corrected chi connectivity index (χ3v) is 3.91. The van der Waals surface area contributed by atoms with E-state index in [4.69, 9.17) is 14.2 Å². The number of ether oxygens (including phenoxy) is 3. The molecule has 0 saturated heterocycles. The molecule has 25 heavy (non-hydrogen) atoms. The first-order valence-electron chi connectivity index (χ1n) is 7.87. The number of carbonyl (C=O) groups excluding carboxylic acids is 1. The summed E-state index contributed by atoms with van der Waals surface area (Å²) >= 11 is 0. The molecule has 5 nitrogen and oxygen atoms in total. The summed E-state index contributed by atoms with van der Waals surface area (Å²) in [6.07, 6.45) is 0.